The Hall–Kier alpha value is -4.63. The Kier molecular flexibility index (Phi) is 7.65. The van der Waals surface area contributed by atoms with E-state index in [1.54, 1.807) is 6.07 Å². The Morgan fingerprint density at radius 2 is 0.842 bits per heavy atom. The summed E-state index contributed by atoms with van der Waals surface area (Å²) in [4.78, 5) is 11.9. The van der Waals surface area contributed by atoms with Crippen LogP contribution < -0.4 is 0 Å². The SMILES string of the molecule is O=C(O)c1cc(Cc2ccc(Cc3ccccc3)cc2)cc(Cc2ccc(Cc3ccccc3)cc2)c1O. The lowest BCUT2D eigenvalue weighted by Crippen LogP contribution is -2.03. The Morgan fingerprint density at radius 3 is 1.26 bits per heavy atom. The molecule has 0 amide bonds. The van der Waals surface area contributed by atoms with Crippen LogP contribution in [0, 0.1) is 0 Å². The highest BCUT2D eigenvalue weighted by Gasteiger charge is 2.16. The maximum Gasteiger partial charge on any atom is 0.339 e. The first-order valence-corrected chi connectivity index (χ1v) is 12.8. The van der Waals surface area contributed by atoms with Crippen LogP contribution in [0.3, 0.4) is 0 Å². The van der Waals surface area contributed by atoms with Gasteiger partial charge in [0.2, 0.25) is 0 Å². The molecule has 2 N–H and O–H groups in total. The standard InChI is InChI=1S/C35H30O3/c36-34-32(22-30-17-15-28(16-18-30)20-26-9-5-2-6-10-26)23-31(24-33(34)35(37)38)21-29-13-11-27(12-14-29)19-25-7-3-1-4-8-25/h1-18,23-24,36H,19-22H2,(H,37,38). The van der Waals surface area contributed by atoms with Crippen molar-refractivity contribution in [2.45, 2.75) is 25.7 Å². The van der Waals surface area contributed by atoms with Crippen LogP contribution in [0.1, 0.15) is 54.9 Å². The van der Waals surface area contributed by atoms with E-state index in [0.717, 1.165) is 29.5 Å². The van der Waals surface area contributed by atoms with E-state index in [2.05, 4.69) is 72.8 Å². The van der Waals surface area contributed by atoms with Crippen molar-refractivity contribution in [3.63, 3.8) is 0 Å². The predicted octanol–water partition coefficient (Wildman–Crippen LogP) is 7.45. The van der Waals surface area contributed by atoms with Crippen LogP contribution in [-0.4, -0.2) is 16.2 Å². The number of phenols is 1. The molecule has 0 radical (unpaired) electrons. The highest BCUT2D eigenvalue weighted by Crippen LogP contribution is 2.29. The molecule has 0 saturated heterocycles. The Balaban J connectivity index is 1.32. The summed E-state index contributed by atoms with van der Waals surface area (Å²) >= 11 is 0. The second-order valence-electron chi connectivity index (χ2n) is 9.77. The van der Waals surface area contributed by atoms with Crippen LogP contribution in [0.2, 0.25) is 0 Å². The number of hydrogen-bond acceptors (Lipinski definition) is 2. The number of hydrogen-bond donors (Lipinski definition) is 2. The van der Waals surface area contributed by atoms with Gasteiger partial charge in [-0.3, -0.25) is 0 Å². The molecule has 5 aromatic carbocycles. The quantitative estimate of drug-likeness (QED) is 0.222. The topological polar surface area (TPSA) is 57.5 Å². The van der Waals surface area contributed by atoms with Crippen LogP contribution in [-0.2, 0) is 25.7 Å². The lowest BCUT2D eigenvalue weighted by atomic mass is 9.94. The van der Waals surface area contributed by atoms with Gasteiger partial charge in [0.05, 0.1) is 0 Å². The van der Waals surface area contributed by atoms with E-state index in [4.69, 9.17) is 0 Å². The third kappa shape index (κ3) is 6.37. The van der Waals surface area contributed by atoms with Gasteiger partial charge < -0.3 is 10.2 Å². The van der Waals surface area contributed by atoms with Crippen LogP contribution in [0.25, 0.3) is 0 Å². The molecule has 188 valence electrons. The maximum atomic E-state index is 11.9. The summed E-state index contributed by atoms with van der Waals surface area (Å²) in [6, 6.07) is 40.9. The molecule has 0 aliphatic rings. The predicted molar refractivity (Wildman–Crippen MR) is 152 cm³/mol. The number of aromatic hydroxyl groups is 1. The fraction of sp³-hybridized carbons (Fsp3) is 0.114. The molecule has 0 atom stereocenters. The van der Waals surface area contributed by atoms with Crippen LogP contribution in [0.5, 0.6) is 5.75 Å². The highest BCUT2D eigenvalue weighted by molar-refractivity contribution is 5.91. The minimum atomic E-state index is -1.12. The fourth-order valence-electron chi connectivity index (χ4n) is 4.83. The van der Waals surface area contributed by atoms with E-state index in [0.29, 0.717) is 18.4 Å². The first-order valence-electron chi connectivity index (χ1n) is 12.8. The van der Waals surface area contributed by atoms with Gasteiger partial charge >= 0.3 is 5.97 Å². The molecular formula is C35H30O3. The Labute approximate surface area is 223 Å². The minimum Gasteiger partial charge on any atom is -0.507 e. The third-order valence-corrected chi connectivity index (χ3v) is 6.83. The van der Waals surface area contributed by atoms with Gasteiger partial charge in [-0.2, -0.15) is 0 Å². The zero-order valence-electron chi connectivity index (χ0n) is 21.2. The van der Waals surface area contributed by atoms with Gasteiger partial charge in [0, 0.05) is 6.42 Å². The Bertz CT molecular complexity index is 1500. The fourth-order valence-corrected chi connectivity index (χ4v) is 4.83. The number of carboxylic acids is 1. The monoisotopic (exact) mass is 498 g/mol. The van der Waals surface area contributed by atoms with Crippen molar-refractivity contribution in [3.05, 3.63) is 171 Å². The molecular weight excluding hydrogens is 468 g/mol. The molecule has 0 spiro atoms. The van der Waals surface area contributed by atoms with E-state index in [-0.39, 0.29) is 11.3 Å². The second kappa shape index (κ2) is 11.6. The molecule has 0 bridgehead atoms. The number of rotatable bonds is 9. The minimum absolute atomic E-state index is 0.0566. The van der Waals surface area contributed by atoms with Crippen molar-refractivity contribution >= 4 is 5.97 Å². The summed E-state index contributed by atoms with van der Waals surface area (Å²) in [5, 5.41) is 20.5. The maximum absolute atomic E-state index is 11.9. The van der Waals surface area contributed by atoms with E-state index < -0.39 is 5.97 Å². The molecule has 3 heteroatoms. The van der Waals surface area contributed by atoms with Crippen LogP contribution in [0.4, 0.5) is 0 Å². The van der Waals surface area contributed by atoms with E-state index in [1.165, 1.54) is 22.3 Å². The van der Waals surface area contributed by atoms with Gasteiger partial charge in [-0.15, -0.1) is 0 Å². The summed E-state index contributed by atoms with van der Waals surface area (Å²) in [7, 11) is 0. The van der Waals surface area contributed by atoms with Gasteiger partial charge in [-0.05, 0) is 69.8 Å². The van der Waals surface area contributed by atoms with Crippen molar-refractivity contribution in [2.75, 3.05) is 0 Å². The molecule has 0 heterocycles. The van der Waals surface area contributed by atoms with Crippen molar-refractivity contribution in [3.8, 4) is 5.75 Å². The molecule has 0 fully saturated rings. The van der Waals surface area contributed by atoms with Gasteiger partial charge in [0.15, 0.2) is 0 Å². The molecule has 38 heavy (non-hydrogen) atoms. The number of aromatic carboxylic acids is 1. The average Bonchev–Trinajstić information content (AvgIpc) is 2.93. The van der Waals surface area contributed by atoms with Crippen molar-refractivity contribution in [1.29, 1.82) is 0 Å². The normalized spacial score (nSPS) is 10.8. The van der Waals surface area contributed by atoms with Gasteiger partial charge in [0.1, 0.15) is 11.3 Å². The molecule has 0 unspecified atom stereocenters. The molecule has 5 aromatic rings. The number of benzene rings is 5. The van der Waals surface area contributed by atoms with Gasteiger partial charge in [-0.1, -0.05) is 115 Å². The van der Waals surface area contributed by atoms with E-state index >= 15 is 0 Å². The average molecular weight is 499 g/mol. The highest BCUT2D eigenvalue weighted by atomic mass is 16.4. The molecule has 0 aromatic heterocycles. The molecule has 3 nitrogen and oxygen atoms in total. The smallest absolute Gasteiger partial charge is 0.339 e. The lowest BCUT2D eigenvalue weighted by molar-refractivity contribution is 0.0693. The molecule has 0 aliphatic carbocycles. The first kappa shape index (κ1) is 25.0. The van der Waals surface area contributed by atoms with E-state index in [9.17, 15) is 15.0 Å². The zero-order valence-corrected chi connectivity index (χ0v) is 21.2. The van der Waals surface area contributed by atoms with Crippen molar-refractivity contribution < 1.29 is 15.0 Å². The number of carboxylic acid groups (broad SMARTS) is 1. The zero-order chi connectivity index (χ0) is 26.3. The molecule has 0 aliphatic heterocycles. The first-order chi connectivity index (χ1) is 18.5. The largest absolute Gasteiger partial charge is 0.507 e. The summed E-state index contributed by atoms with van der Waals surface area (Å²) in [6.45, 7) is 0. The number of carbonyl (C=O) groups is 1. The summed E-state index contributed by atoms with van der Waals surface area (Å²) in [5.41, 5.74) is 8.51. The van der Waals surface area contributed by atoms with Crippen LogP contribution >= 0.6 is 0 Å². The van der Waals surface area contributed by atoms with Gasteiger partial charge in [0.25, 0.3) is 0 Å². The summed E-state index contributed by atoms with van der Waals surface area (Å²) < 4.78 is 0. The van der Waals surface area contributed by atoms with Crippen LogP contribution in [0.15, 0.2) is 121 Å². The summed E-state index contributed by atoms with van der Waals surface area (Å²) in [6.07, 6.45) is 2.78. The van der Waals surface area contributed by atoms with E-state index in [1.807, 2.05) is 42.5 Å². The molecule has 0 saturated carbocycles. The summed E-state index contributed by atoms with van der Waals surface area (Å²) in [5.74, 6) is -1.28. The lowest BCUT2D eigenvalue weighted by Gasteiger charge is -2.12. The van der Waals surface area contributed by atoms with Crippen molar-refractivity contribution in [2.24, 2.45) is 0 Å². The van der Waals surface area contributed by atoms with Gasteiger partial charge in [-0.25, -0.2) is 4.79 Å². The molecule has 5 rings (SSSR count). The van der Waals surface area contributed by atoms with Crippen molar-refractivity contribution in [1.82, 2.24) is 0 Å². The third-order valence-electron chi connectivity index (χ3n) is 6.83. The Morgan fingerprint density at radius 1 is 0.474 bits per heavy atom. The second-order valence-corrected chi connectivity index (χ2v) is 9.77.